The molecule has 0 fully saturated rings. The molecule has 0 atom stereocenters. The van der Waals surface area contributed by atoms with Crippen molar-refractivity contribution in [3.8, 4) is 0 Å². The minimum Gasteiger partial charge on any atom is -0.293 e. The topological polar surface area (TPSA) is 60.7 Å². The van der Waals surface area contributed by atoms with Crippen molar-refractivity contribution in [3.05, 3.63) is 62.8 Å². The van der Waals surface area contributed by atoms with Crippen molar-refractivity contribution in [2.24, 2.45) is 0 Å². The Labute approximate surface area is 148 Å². The number of nitrogens with zero attached hydrogens (tertiary/aromatic N) is 4. The van der Waals surface area contributed by atoms with Crippen LogP contribution in [0, 0.1) is 6.92 Å². The average molecular weight is 348 g/mol. The summed E-state index contributed by atoms with van der Waals surface area (Å²) in [5.41, 5.74) is 4.64. The second-order valence-electron chi connectivity index (χ2n) is 6.46. The van der Waals surface area contributed by atoms with Gasteiger partial charge in [0.15, 0.2) is 0 Å². The average Bonchev–Trinajstić information content (AvgIpc) is 3.18. The Bertz CT molecular complexity index is 1190. The van der Waals surface area contributed by atoms with Crippen LogP contribution in [-0.4, -0.2) is 19.5 Å². The van der Waals surface area contributed by atoms with E-state index in [0.717, 1.165) is 51.9 Å². The Morgan fingerprint density at radius 2 is 1.96 bits per heavy atom. The SMILES string of the molecule is Cc1nc2ccccc2nc1Cn1cnc2sc3c(c2c1=O)CCC3. The Morgan fingerprint density at radius 1 is 1.16 bits per heavy atom. The van der Waals surface area contributed by atoms with E-state index in [1.807, 2.05) is 31.2 Å². The summed E-state index contributed by atoms with van der Waals surface area (Å²) in [5.74, 6) is 0. The van der Waals surface area contributed by atoms with Crippen molar-refractivity contribution in [2.45, 2.75) is 32.7 Å². The first-order chi connectivity index (χ1) is 12.2. The molecule has 0 bridgehead atoms. The number of aromatic nitrogens is 4. The molecule has 0 spiro atoms. The molecule has 5 rings (SSSR count). The van der Waals surface area contributed by atoms with Gasteiger partial charge in [0.25, 0.3) is 5.56 Å². The molecular formula is C19H16N4OS. The molecule has 3 aromatic heterocycles. The fourth-order valence-electron chi connectivity index (χ4n) is 3.57. The zero-order valence-electron chi connectivity index (χ0n) is 13.8. The zero-order chi connectivity index (χ0) is 17.0. The van der Waals surface area contributed by atoms with Crippen LogP contribution in [0.2, 0.25) is 0 Å². The molecule has 3 heterocycles. The van der Waals surface area contributed by atoms with Gasteiger partial charge in [-0.1, -0.05) is 12.1 Å². The van der Waals surface area contributed by atoms with Crippen LogP contribution in [0.15, 0.2) is 35.4 Å². The number of benzene rings is 1. The number of thiophene rings is 1. The van der Waals surface area contributed by atoms with Crippen LogP contribution in [-0.2, 0) is 19.4 Å². The molecule has 1 aromatic carbocycles. The quantitative estimate of drug-likeness (QED) is 0.558. The molecule has 0 unspecified atom stereocenters. The van der Waals surface area contributed by atoms with Gasteiger partial charge in [0.1, 0.15) is 4.83 Å². The van der Waals surface area contributed by atoms with Crippen LogP contribution in [0.4, 0.5) is 0 Å². The van der Waals surface area contributed by atoms with E-state index in [1.54, 1.807) is 22.2 Å². The monoisotopic (exact) mass is 348 g/mol. The largest absolute Gasteiger partial charge is 0.293 e. The molecule has 5 nitrogen and oxygen atoms in total. The molecule has 0 saturated carbocycles. The van der Waals surface area contributed by atoms with Crippen molar-refractivity contribution < 1.29 is 0 Å². The van der Waals surface area contributed by atoms with Crippen LogP contribution in [0.25, 0.3) is 21.3 Å². The van der Waals surface area contributed by atoms with Gasteiger partial charge >= 0.3 is 0 Å². The number of rotatable bonds is 2. The van der Waals surface area contributed by atoms with E-state index in [-0.39, 0.29) is 5.56 Å². The zero-order valence-corrected chi connectivity index (χ0v) is 14.6. The Kier molecular flexibility index (Phi) is 3.21. The van der Waals surface area contributed by atoms with Gasteiger partial charge in [-0.05, 0) is 43.9 Å². The number of para-hydroxylation sites is 2. The van der Waals surface area contributed by atoms with Crippen molar-refractivity contribution in [2.75, 3.05) is 0 Å². The number of hydrogen-bond donors (Lipinski definition) is 0. The van der Waals surface area contributed by atoms with Gasteiger partial charge in [0.2, 0.25) is 0 Å². The van der Waals surface area contributed by atoms with Crippen molar-refractivity contribution in [1.29, 1.82) is 0 Å². The molecule has 0 aliphatic heterocycles. The molecule has 0 saturated heterocycles. The predicted molar refractivity (Wildman–Crippen MR) is 99.3 cm³/mol. The maximum atomic E-state index is 13.0. The lowest BCUT2D eigenvalue weighted by molar-refractivity contribution is 0.723. The third-order valence-electron chi connectivity index (χ3n) is 4.85. The van der Waals surface area contributed by atoms with Crippen LogP contribution < -0.4 is 5.56 Å². The number of hydrogen-bond acceptors (Lipinski definition) is 5. The van der Waals surface area contributed by atoms with E-state index >= 15 is 0 Å². The normalized spacial score (nSPS) is 13.6. The van der Waals surface area contributed by atoms with Gasteiger partial charge < -0.3 is 0 Å². The van der Waals surface area contributed by atoms with E-state index in [1.165, 1.54) is 10.4 Å². The molecule has 4 aromatic rings. The first kappa shape index (κ1) is 14.7. The highest BCUT2D eigenvalue weighted by atomic mass is 32.1. The number of fused-ring (bicyclic) bond motifs is 4. The fourth-order valence-corrected chi connectivity index (χ4v) is 4.79. The smallest absolute Gasteiger partial charge is 0.262 e. The lowest BCUT2D eigenvalue weighted by atomic mass is 10.2. The molecule has 1 aliphatic carbocycles. The van der Waals surface area contributed by atoms with Crippen LogP contribution >= 0.6 is 11.3 Å². The minimum absolute atomic E-state index is 0.0405. The fraction of sp³-hybridized carbons (Fsp3) is 0.263. The van der Waals surface area contributed by atoms with E-state index in [9.17, 15) is 4.79 Å². The van der Waals surface area contributed by atoms with Crippen molar-refractivity contribution >= 4 is 32.6 Å². The van der Waals surface area contributed by atoms with Crippen molar-refractivity contribution in [3.63, 3.8) is 0 Å². The molecule has 25 heavy (non-hydrogen) atoms. The Balaban J connectivity index is 1.64. The lowest BCUT2D eigenvalue weighted by Gasteiger charge is -2.09. The number of aryl methyl sites for hydroxylation is 3. The molecule has 0 N–H and O–H groups in total. The first-order valence-electron chi connectivity index (χ1n) is 8.42. The highest BCUT2D eigenvalue weighted by Gasteiger charge is 2.21. The van der Waals surface area contributed by atoms with Crippen molar-refractivity contribution in [1.82, 2.24) is 19.5 Å². The summed E-state index contributed by atoms with van der Waals surface area (Å²) in [6.45, 7) is 2.34. The van der Waals surface area contributed by atoms with E-state index in [0.29, 0.717) is 6.54 Å². The van der Waals surface area contributed by atoms with Gasteiger partial charge in [0, 0.05) is 4.88 Å². The van der Waals surface area contributed by atoms with E-state index < -0.39 is 0 Å². The maximum absolute atomic E-state index is 13.0. The van der Waals surface area contributed by atoms with Crippen LogP contribution in [0.3, 0.4) is 0 Å². The van der Waals surface area contributed by atoms with Crippen LogP contribution in [0.5, 0.6) is 0 Å². The summed E-state index contributed by atoms with van der Waals surface area (Å²) in [7, 11) is 0. The third kappa shape index (κ3) is 2.28. The maximum Gasteiger partial charge on any atom is 0.262 e. The summed E-state index contributed by atoms with van der Waals surface area (Å²) >= 11 is 1.67. The van der Waals surface area contributed by atoms with Gasteiger partial charge in [-0.2, -0.15) is 0 Å². The molecule has 124 valence electrons. The summed E-state index contributed by atoms with van der Waals surface area (Å²) in [6, 6.07) is 7.80. The Morgan fingerprint density at radius 3 is 2.80 bits per heavy atom. The summed E-state index contributed by atoms with van der Waals surface area (Å²) in [4.78, 5) is 29.1. The second-order valence-corrected chi connectivity index (χ2v) is 7.54. The summed E-state index contributed by atoms with van der Waals surface area (Å²) in [6.07, 6.45) is 4.85. The summed E-state index contributed by atoms with van der Waals surface area (Å²) < 4.78 is 1.67. The second kappa shape index (κ2) is 5.46. The highest BCUT2D eigenvalue weighted by molar-refractivity contribution is 7.18. The van der Waals surface area contributed by atoms with Gasteiger partial charge in [-0.3, -0.25) is 9.36 Å². The van der Waals surface area contributed by atoms with E-state index in [4.69, 9.17) is 4.98 Å². The standard InChI is InChI=1S/C19H16N4OS/c1-11-15(22-14-7-3-2-6-13(14)21-11)9-23-10-20-18-17(19(23)24)12-5-4-8-16(12)25-18/h2-3,6-7,10H,4-5,8-9H2,1H3. The van der Waals surface area contributed by atoms with Gasteiger partial charge in [0.05, 0.1) is 40.7 Å². The van der Waals surface area contributed by atoms with E-state index in [2.05, 4.69) is 9.97 Å². The molecule has 6 heteroatoms. The summed E-state index contributed by atoms with van der Waals surface area (Å²) in [5, 5.41) is 0.811. The first-order valence-corrected chi connectivity index (χ1v) is 9.24. The Hall–Kier alpha value is -2.60. The third-order valence-corrected chi connectivity index (χ3v) is 6.05. The van der Waals surface area contributed by atoms with Gasteiger partial charge in [-0.25, -0.2) is 15.0 Å². The molecule has 0 amide bonds. The van der Waals surface area contributed by atoms with Gasteiger partial charge in [-0.15, -0.1) is 11.3 Å². The molecule has 0 radical (unpaired) electrons. The predicted octanol–water partition coefficient (Wildman–Crippen LogP) is 3.25. The lowest BCUT2D eigenvalue weighted by Crippen LogP contribution is -2.22. The van der Waals surface area contributed by atoms with Crippen LogP contribution in [0.1, 0.15) is 28.2 Å². The minimum atomic E-state index is 0.0405. The molecular weight excluding hydrogens is 332 g/mol. The molecule has 1 aliphatic rings. The highest BCUT2D eigenvalue weighted by Crippen LogP contribution is 2.34.